The number of halogens is 1. The summed E-state index contributed by atoms with van der Waals surface area (Å²) in [7, 11) is 0. The predicted molar refractivity (Wildman–Crippen MR) is 109 cm³/mol. The largest absolute Gasteiger partial charge is 0.490 e. The van der Waals surface area contributed by atoms with Crippen molar-refractivity contribution < 1.29 is 19.4 Å². The van der Waals surface area contributed by atoms with Crippen LogP contribution in [0.1, 0.15) is 31.7 Å². The summed E-state index contributed by atoms with van der Waals surface area (Å²) in [4.78, 5) is 16.0. The van der Waals surface area contributed by atoms with Crippen LogP contribution in [0.15, 0.2) is 22.2 Å². The Kier molecular flexibility index (Phi) is 8.23. The number of carboxylic acids is 1. The van der Waals surface area contributed by atoms with Gasteiger partial charge in [-0.1, -0.05) is 24.4 Å². The molecule has 1 heterocycles. The van der Waals surface area contributed by atoms with E-state index in [1.165, 1.54) is 6.08 Å². The molecule has 2 rings (SSSR count). The molecule has 0 bridgehead atoms. The van der Waals surface area contributed by atoms with Crippen molar-refractivity contribution in [1.82, 2.24) is 15.2 Å². The van der Waals surface area contributed by atoms with Crippen LogP contribution in [0, 0.1) is 12.3 Å². The van der Waals surface area contributed by atoms with E-state index in [0.717, 1.165) is 24.6 Å². The molecular formula is C19H20ClN3O4S. The van der Waals surface area contributed by atoms with Gasteiger partial charge < -0.3 is 14.6 Å². The zero-order valence-corrected chi connectivity index (χ0v) is 17.1. The average Bonchev–Trinajstić information content (AvgIpc) is 3.08. The van der Waals surface area contributed by atoms with Gasteiger partial charge in [0.25, 0.3) is 0 Å². The first kappa shape index (κ1) is 21.7. The van der Waals surface area contributed by atoms with Crippen LogP contribution in [0.25, 0.3) is 6.08 Å². The van der Waals surface area contributed by atoms with Crippen molar-refractivity contribution >= 4 is 35.4 Å². The Balaban J connectivity index is 2.34. The molecule has 0 aliphatic carbocycles. The van der Waals surface area contributed by atoms with Gasteiger partial charge in [-0.25, -0.2) is 9.78 Å². The van der Waals surface area contributed by atoms with Crippen LogP contribution < -0.4 is 9.47 Å². The van der Waals surface area contributed by atoms with Crippen molar-refractivity contribution in [3.05, 3.63) is 33.4 Å². The number of benzene rings is 1. The molecule has 28 heavy (non-hydrogen) atoms. The number of carboxylic acid groups (broad SMARTS) is 1. The van der Waals surface area contributed by atoms with Gasteiger partial charge in [-0.05, 0) is 48.9 Å². The molecular weight excluding hydrogens is 402 g/mol. The number of aryl methyl sites for hydroxylation is 1. The minimum Gasteiger partial charge on any atom is -0.490 e. The van der Waals surface area contributed by atoms with Gasteiger partial charge in [0.2, 0.25) is 5.16 Å². The number of ether oxygens (including phenoxy) is 2. The number of thioether (sulfide) groups is 1. The Morgan fingerprint density at radius 2 is 2.21 bits per heavy atom. The van der Waals surface area contributed by atoms with Crippen LogP contribution in [0.3, 0.4) is 0 Å². The van der Waals surface area contributed by atoms with Crippen molar-refractivity contribution in [3.63, 3.8) is 0 Å². The Morgan fingerprint density at radius 1 is 1.43 bits per heavy atom. The molecule has 0 radical (unpaired) electrons. The SMILES string of the molecule is C#CCOc1c(Cl)cc(/C=C(\Sc2n[nH]c(CCC)n2)C(=O)O)cc1OCC. The molecule has 2 N–H and O–H groups in total. The van der Waals surface area contributed by atoms with Crippen LogP contribution in [-0.2, 0) is 11.2 Å². The summed E-state index contributed by atoms with van der Waals surface area (Å²) in [6.45, 7) is 4.26. The fraction of sp³-hybridized carbons (Fsp3) is 0.316. The molecule has 2 aromatic rings. The highest BCUT2D eigenvalue weighted by Gasteiger charge is 2.16. The zero-order valence-electron chi connectivity index (χ0n) is 15.5. The molecule has 0 fully saturated rings. The van der Waals surface area contributed by atoms with E-state index in [2.05, 4.69) is 21.1 Å². The Labute approximate surface area is 172 Å². The fourth-order valence-corrected chi connectivity index (χ4v) is 3.24. The van der Waals surface area contributed by atoms with E-state index >= 15 is 0 Å². The third-order valence-corrected chi connectivity index (χ3v) is 4.50. The maximum Gasteiger partial charge on any atom is 0.342 e. The molecule has 7 nitrogen and oxygen atoms in total. The summed E-state index contributed by atoms with van der Waals surface area (Å²) in [5.74, 6) is 2.68. The number of nitrogens with zero attached hydrogens (tertiary/aromatic N) is 2. The molecule has 0 unspecified atom stereocenters. The van der Waals surface area contributed by atoms with Gasteiger partial charge in [-0.2, -0.15) is 0 Å². The zero-order chi connectivity index (χ0) is 20.5. The lowest BCUT2D eigenvalue weighted by Gasteiger charge is -2.13. The minimum absolute atomic E-state index is 0.0378. The highest BCUT2D eigenvalue weighted by molar-refractivity contribution is 8.04. The third kappa shape index (κ3) is 5.94. The van der Waals surface area contributed by atoms with Gasteiger partial charge in [0.05, 0.1) is 11.6 Å². The Morgan fingerprint density at radius 3 is 2.86 bits per heavy atom. The maximum absolute atomic E-state index is 11.7. The van der Waals surface area contributed by atoms with Gasteiger partial charge >= 0.3 is 5.97 Å². The molecule has 148 valence electrons. The van der Waals surface area contributed by atoms with Crippen molar-refractivity contribution in [2.75, 3.05) is 13.2 Å². The number of rotatable bonds is 10. The van der Waals surface area contributed by atoms with Crippen LogP contribution in [0.2, 0.25) is 5.02 Å². The highest BCUT2D eigenvalue weighted by Crippen LogP contribution is 2.38. The quantitative estimate of drug-likeness (QED) is 0.339. The molecule has 9 heteroatoms. The molecule has 0 aliphatic heterocycles. The van der Waals surface area contributed by atoms with Crippen molar-refractivity contribution in [2.45, 2.75) is 31.8 Å². The lowest BCUT2D eigenvalue weighted by molar-refractivity contribution is -0.131. The highest BCUT2D eigenvalue weighted by atomic mass is 35.5. The Bertz CT molecular complexity index is 905. The van der Waals surface area contributed by atoms with Crippen LogP contribution in [-0.4, -0.2) is 39.5 Å². The molecule has 0 saturated heterocycles. The second kappa shape index (κ2) is 10.6. The smallest absolute Gasteiger partial charge is 0.342 e. The summed E-state index contributed by atoms with van der Waals surface area (Å²) in [5, 5.41) is 17.0. The lowest BCUT2D eigenvalue weighted by Crippen LogP contribution is -2.01. The first-order chi connectivity index (χ1) is 13.5. The van der Waals surface area contributed by atoms with Gasteiger partial charge in [-0.3, -0.25) is 5.10 Å². The first-order valence-electron chi connectivity index (χ1n) is 8.55. The van der Waals surface area contributed by atoms with Gasteiger partial charge in [0, 0.05) is 6.42 Å². The Hall–Kier alpha value is -2.63. The monoisotopic (exact) mass is 421 g/mol. The lowest BCUT2D eigenvalue weighted by atomic mass is 10.2. The van der Waals surface area contributed by atoms with E-state index in [0.29, 0.717) is 34.7 Å². The fourth-order valence-electron chi connectivity index (χ4n) is 2.24. The number of aromatic amines is 1. The molecule has 0 atom stereocenters. The number of hydrogen-bond donors (Lipinski definition) is 2. The van der Waals surface area contributed by atoms with Crippen molar-refractivity contribution in [1.29, 1.82) is 0 Å². The second-order valence-corrected chi connectivity index (χ2v) is 6.90. The molecule has 0 saturated carbocycles. The minimum atomic E-state index is -1.10. The van der Waals surface area contributed by atoms with E-state index in [4.69, 9.17) is 27.5 Å². The summed E-state index contributed by atoms with van der Waals surface area (Å²) < 4.78 is 11.0. The summed E-state index contributed by atoms with van der Waals surface area (Å²) >= 11 is 7.23. The predicted octanol–water partition coefficient (Wildman–Crippen LogP) is 4.04. The van der Waals surface area contributed by atoms with Crippen molar-refractivity contribution in [3.8, 4) is 23.8 Å². The number of H-pyrrole nitrogens is 1. The standard InChI is InChI=1S/C19H20ClN3O4S/c1-4-7-16-21-19(23-22-16)28-15(18(24)25)11-12-9-13(20)17(27-8-5-2)14(10-12)26-6-3/h2,9-11H,4,6-8H2,1,3H3,(H,24,25)(H,21,22,23)/b15-11-. The van der Waals surface area contributed by atoms with E-state index in [9.17, 15) is 9.90 Å². The van der Waals surface area contributed by atoms with Crippen LogP contribution in [0.4, 0.5) is 0 Å². The molecule has 0 aliphatic rings. The molecule has 1 aromatic heterocycles. The number of hydrogen-bond acceptors (Lipinski definition) is 6. The first-order valence-corrected chi connectivity index (χ1v) is 9.74. The van der Waals surface area contributed by atoms with E-state index < -0.39 is 5.97 Å². The molecule has 0 amide bonds. The summed E-state index contributed by atoms with van der Waals surface area (Å²) in [6, 6.07) is 3.23. The normalized spacial score (nSPS) is 11.1. The number of aromatic nitrogens is 3. The van der Waals surface area contributed by atoms with Gasteiger partial charge in [-0.15, -0.1) is 11.5 Å². The third-order valence-electron chi connectivity index (χ3n) is 3.34. The summed E-state index contributed by atoms with van der Waals surface area (Å²) in [6.07, 6.45) is 8.35. The average molecular weight is 422 g/mol. The van der Waals surface area contributed by atoms with Gasteiger partial charge in [0.15, 0.2) is 11.5 Å². The number of carbonyl (C=O) groups is 1. The number of nitrogens with one attached hydrogen (secondary N) is 1. The van der Waals surface area contributed by atoms with E-state index in [1.54, 1.807) is 12.1 Å². The van der Waals surface area contributed by atoms with Crippen LogP contribution in [0.5, 0.6) is 11.5 Å². The number of aliphatic carboxylic acids is 1. The van der Waals surface area contributed by atoms with Crippen molar-refractivity contribution in [2.24, 2.45) is 0 Å². The molecule has 0 spiro atoms. The summed E-state index contributed by atoms with van der Waals surface area (Å²) in [5.41, 5.74) is 0.538. The van der Waals surface area contributed by atoms with Gasteiger partial charge in [0.1, 0.15) is 17.3 Å². The topological polar surface area (TPSA) is 97.3 Å². The maximum atomic E-state index is 11.7. The van der Waals surface area contributed by atoms with E-state index in [-0.39, 0.29) is 16.5 Å². The van der Waals surface area contributed by atoms with E-state index in [1.807, 2.05) is 13.8 Å². The number of terminal acetylenes is 1. The second-order valence-electron chi connectivity index (χ2n) is 5.49. The van der Waals surface area contributed by atoms with Crippen LogP contribution >= 0.6 is 23.4 Å². The molecule has 1 aromatic carbocycles.